The Morgan fingerprint density at radius 1 is 0.400 bits per heavy atom. The second-order valence-corrected chi connectivity index (χ2v) is 9.03. The molecule has 11 heteroatoms. The van der Waals surface area contributed by atoms with Gasteiger partial charge in [-0.3, -0.25) is 0 Å². The van der Waals surface area contributed by atoms with Crippen molar-refractivity contribution < 1.29 is 53.5 Å². The van der Waals surface area contributed by atoms with Crippen LogP contribution in [-0.2, 0) is 25.6 Å². The van der Waals surface area contributed by atoms with Crippen molar-refractivity contribution in [2.75, 3.05) is 0 Å². The first-order valence-electron chi connectivity index (χ1n) is 9.92. The van der Waals surface area contributed by atoms with Crippen LogP contribution in [0, 0.1) is 0 Å². The molecule has 0 radical (unpaired) electrons. The topological polar surface area (TPSA) is 117 Å². The van der Waals surface area contributed by atoms with Gasteiger partial charge in [-0.15, -0.1) is 0 Å². The Morgan fingerprint density at radius 3 is 0.743 bits per heavy atom. The molecule has 0 atom stereocenters. The van der Waals surface area contributed by atoms with Crippen molar-refractivity contribution in [1.82, 2.24) is 0 Å². The Bertz CT molecular complexity index is 1040. The molecular weight excluding hydrogens is 537 g/mol. The minimum absolute atomic E-state index is 0. The zero-order chi connectivity index (χ0) is 24.3. The van der Waals surface area contributed by atoms with Gasteiger partial charge in [0.2, 0.25) is 0 Å². The van der Waals surface area contributed by atoms with Gasteiger partial charge in [-0.1, -0.05) is 72.8 Å². The molecule has 8 nitrogen and oxygen atoms in total. The summed E-state index contributed by atoms with van der Waals surface area (Å²) >= 11 is 0. The average Bonchev–Trinajstić information content (AvgIpc) is 2.81. The van der Waals surface area contributed by atoms with E-state index in [1.807, 2.05) is 0 Å². The molecule has 0 amide bonds. The minimum Gasteiger partial charge on any atom is -0.736 e. The van der Waals surface area contributed by atoms with Gasteiger partial charge in [0.1, 0.15) is 23.0 Å². The number of rotatable bonds is 8. The van der Waals surface area contributed by atoms with E-state index in [1.165, 1.54) is 0 Å². The van der Waals surface area contributed by atoms with Gasteiger partial charge in [-0.2, -0.15) is 0 Å². The number of hydrogen-bond donors (Lipinski definition) is 0. The molecule has 0 aliphatic carbocycles. The van der Waals surface area contributed by atoms with Gasteiger partial charge >= 0.3 is 32.1 Å². The van der Waals surface area contributed by atoms with Crippen LogP contribution in [0.3, 0.4) is 0 Å². The van der Waals surface area contributed by atoms with Crippen molar-refractivity contribution in [1.29, 1.82) is 0 Å². The molecule has 0 fully saturated rings. The maximum Gasteiger partial charge on any atom is 2.00 e. The van der Waals surface area contributed by atoms with Gasteiger partial charge in [0.05, 0.1) is 0 Å². The van der Waals surface area contributed by atoms with Gasteiger partial charge in [0.25, 0.3) is 0 Å². The first kappa shape index (κ1) is 28.2. The van der Waals surface area contributed by atoms with E-state index in [0.717, 1.165) is 0 Å². The van der Waals surface area contributed by atoms with E-state index in [0.29, 0.717) is 0 Å². The normalized spacial score (nSPS) is 10.6. The summed E-state index contributed by atoms with van der Waals surface area (Å²) in [5.74, 6) is 0.895. The third-order valence-corrected chi connectivity index (χ3v) is 5.58. The number of benzene rings is 4. The summed E-state index contributed by atoms with van der Waals surface area (Å²) in [6, 6.07) is 32.8. The summed E-state index contributed by atoms with van der Waals surface area (Å²) < 4.78 is 42.2. The molecule has 4 rings (SSSR count). The van der Waals surface area contributed by atoms with Crippen LogP contribution >= 0.6 is 15.6 Å². The molecule has 0 saturated carbocycles. The molecule has 0 heterocycles. The van der Waals surface area contributed by atoms with Crippen molar-refractivity contribution in [2.24, 2.45) is 0 Å². The van der Waals surface area contributed by atoms with E-state index in [1.54, 1.807) is 121 Å². The van der Waals surface area contributed by atoms with Crippen LogP contribution in [0.5, 0.6) is 23.0 Å². The zero-order valence-corrected chi connectivity index (χ0v) is 20.8. The van der Waals surface area contributed by atoms with E-state index in [9.17, 15) is 18.9 Å². The summed E-state index contributed by atoms with van der Waals surface area (Å²) in [5.41, 5.74) is 0. The van der Waals surface area contributed by atoms with Crippen LogP contribution in [-0.4, -0.2) is 0 Å². The largest absolute Gasteiger partial charge is 2.00 e. The Labute approximate surface area is 213 Å². The average molecular weight is 557 g/mol. The maximum atomic E-state index is 11.6. The fraction of sp³-hybridized carbons (Fsp3) is 0. The van der Waals surface area contributed by atoms with Crippen molar-refractivity contribution in [3.05, 3.63) is 121 Å². The molecule has 0 bridgehead atoms. The first-order valence-corrected chi connectivity index (χ1v) is 12.8. The number of phosphoric ester groups is 2. The predicted molar refractivity (Wildman–Crippen MR) is 123 cm³/mol. The Hall–Kier alpha value is -3.05. The Kier molecular flexibility index (Phi) is 11.1. The van der Waals surface area contributed by atoms with Crippen LogP contribution in [0.15, 0.2) is 121 Å². The summed E-state index contributed by atoms with van der Waals surface area (Å²) in [6.45, 7) is 0. The third-order valence-electron chi connectivity index (χ3n) is 3.84. The molecule has 4 aromatic carbocycles. The fourth-order valence-electron chi connectivity index (χ4n) is 2.48. The fourth-order valence-corrected chi connectivity index (χ4v) is 4.07. The molecule has 35 heavy (non-hydrogen) atoms. The summed E-state index contributed by atoms with van der Waals surface area (Å²) in [7, 11) is -8.77. The van der Waals surface area contributed by atoms with Crippen LogP contribution in [0.1, 0.15) is 0 Å². The van der Waals surface area contributed by atoms with Crippen molar-refractivity contribution in [3.63, 3.8) is 0 Å². The maximum absolute atomic E-state index is 11.6. The monoisotopic (exact) mass is 556 g/mol. The smallest absolute Gasteiger partial charge is 0.736 e. The predicted octanol–water partition coefficient (Wildman–Crippen LogP) is 5.22. The summed E-state index contributed by atoms with van der Waals surface area (Å²) in [5, 5.41) is 0. The van der Waals surface area contributed by atoms with Crippen molar-refractivity contribution >= 4 is 15.6 Å². The molecule has 0 aromatic heterocycles. The van der Waals surface area contributed by atoms with E-state index in [4.69, 9.17) is 18.1 Å². The number of hydrogen-bond acceptors (Lipinski definition) is 8. The molecule has 0 spiro atoms. The SMILES string of the molecule is O=P([O-])(Oc1ccccc1)Oc1ccccc1.O=P([O-])(Oc1ccccc1)Oc1ccccc1.[Ni+2]. The van der Waals surface area contributed by atoms with Gasteiger partial charge in [0, 0.05) is 0 Å². The van der Waals surface area contributed by atoms with Gasteiger partial charge < -0.3 is 27.9 Å². The van der Waals surface area contributed by atoms with Gasteiger partial charge in [-0.25, -0.2) is 9.13 Å². The van der Waals surface area contributed by atoms with Gasteiger partial charge in [-0.05, 0) is 48.5 Å². The zero-order valence-electron chi connectivity index (χ0n) is 18.0. The molecule has 0 N–H and O–H groups in total. The molecule has 0 aliphatic heterocycles. The van der Waals surface area contributed by atoms with Crippen molar-refractivity contribution in [3.8, 4) is 23.0 Å². The molecule has 184 valence electrons. The summed E-state index contributed by atoms with van der Waals surface area (Å²) in [6.07, 6.45) is 0. The van der Waals surface area contributed by atoms with E-state index in [-0.39, 0.29) is 39.5 Å². The molecule has 4 aromatic rings. The van der Waals surface area contributed by atoms with E-state index >= 15 is 0 Å². The molecule has 0 unspecified atom stereocenters. The Morgan fingerprint density at radius 2 is 0.571 bits per heavy atom. The molecule has 0 saturated heterocycles. The van der Waals surface area contributed by atoms with E-state index in [2.05, 4.69) is 0 Å². The number of phosphoric acid groups is 2. The quantitative estimate of drug-likeness (QED) is 0.214. The van der Waals surface area contributed by atoms with Crippen LogP contribution < -0.4 is 27.9 Å². The van der Waals surface area contributed by atoms with Crippen molar-refractivity contribution in [2.45, 2.75) is 0 Å². The molecular formula is C24H20NiO8P2. The Balaban J connectivity index is 0.000000240. The second-order valence-electron chi connectivity index (χ2n) is 6.51. The summed E-state index contributed by atoms with van der Waals surface area (Å²) in [4.78, 5) is 23.1. The van der Waals surface area contributed by atoms with E-state index < -0.39 is 15.6 Å². The third kappa shape index (κ3) is 10.8. The van der Waals surface area contributed by atoms with Crippen LogP contribution in [0.2, 0.25) is 0 Å². The molecule has 0 aliphatic rings. The standard InChI is InChI=1S/2C12H11O4P.Ni/c2*13-17(14,15-11-7-3-1-4-8-11)16-12-9-5-2-6-10-12;/h2*1-10H,(H,13,14);/q;;+2/p-2. The number of para-hydroxylation sites is 4. The first-order chi connectivity index (χ1) is 16.3. The van der Waals surface area contributed by atoms with Gasteiger partial charge in [0.15, 0.2) is 0 Å². The van der Waals surface area contributed by atoms with Crippen LogP contribution in [0.4, 0.5) is 0 Å². The van der Waals surface area contributed by atoms with Crippen LogP contribution in [0.25, 0.3) is 0 Å². The minimum atomic E-state index is -4.39. The second kappa shape index (κ2) is 13.7.